The molecule has 1 unspecified atom stereocenters. The maximum absolute atomic E-state index is 10.5. The topological polar surface area (TPSA) is 72.2 Å². The second-order valence-electron chi connectivity index (χ2n) is 7.65. The van der Waals surface area contributed by atoms with Crippen LogP contribution in [0.1, 0.15) is 18.1 Å². The van der Waals surface area contributed by atoms with Gasteiger partial charge in [-0.15, -0.1) is 0 Å². The molecule has 3 rings (SSSR count). The van der Waals surface area contributed by atoms with Crippen molar-refractivity contribution in [3.8, 4) is 11.5 Å². The number of morpholine rings is 1. The summed E-state index contributed by atoms with van der Waals surface area (Å²) in [5.74, 6) is 1.38. The number of aryl methyl sites for hydroxylation is 1. The zero-order chi connectivity index (χ0) is 21.3. The first-order chi connectivity index (χ1) is 14.6. The number of rotatable bonds is 11. The highest BCUT2D eigenvalue weighted by molar-refractivity contribution is 5.46. The number of hydrogen-bond acceptors (Lipinski definition) is 7. The van der Waals surface area contributed by atoms with E-state index in [1.165, 1.54) is 5.56 Å². The van der Waals surface area contributed by atoms with Gasteiger partial charge in [0.25, 0.3) is 0 Å². The van der Waals surface area contributed by atoms with E-state index in [4.69, 9.17) is 14.2 Å². The van der Waals surface area contributed by atoms with E-state index >= 15 is 0 Å². The fourth-order valence-corrected chi connectivity index (χ4v) is 3.66. The number of para-hydroxylation sites is 1. The lowest BCUT2D eigenvalue weighted by Crippen LogP contribution is -2.42. The molecular weight excluding hydrogens is 384 g/mol. The maximum Gasteiger partial charge on any atom is 0.165 e. The predicted octanol–water partition coefficient (Wildman–Crippen LogP) is 1.52. The molecule has 1 aliphatic heterocycles. The zero-order valence-corrected chi connectivity index (χ0v) is 18.3. The van der Waals surface area contributed by atoms with Crippen LogP contribution >= 0.6 is 0 Å². The average molecular weight is 419 g/mol. The monoisotopic (exact) mass is 418 g/mol. The second-order valence-corrected chi connectivity index (χ2v) is 7.65. The first-order valence-electron chi connectivity index (χ1n) is 10.6. The molecule has 1 saturated heterocycles. The normalized spacial score (nSPS) is 16.0. The summed E-state index contributed by atoms with van der Waals surface area (Å²) in [4.78, 5) is 4.52. The van der Waals surface area contributed by atoms with Crippen LogP contribution in [0.2, 0.25) is 0 Å². The van der Waals surface area contributed by atoms with Gasteiger partial charge in [-0.1, -0.05) is 19.1 Å². The van der Waals surface area contributed by atoms with E-state index < -0.39 is 6.10 Å². The summed E-state index contributed by atoms with van der Waals surface area (Å²) >= 11 is 0. The third-order valence-corrected chi connectivity index (χ3v) is 5.28. The van der Waals surface area contributed by atoms with Crippen LogP contribution in [0.3, 0.4) is 0 Å². The Morgan fingerprint density at radius 2 is 2.07 bits per heavy atom. The van der Waals surface area contributed by atoms with Crippen molar-refractivity contribution >= 4 is 0 Å². The number of aromatic nitrogens is 2. The van der Waals surface area contributed by atoms with Crippen molar-refractivity contribution in [1.29, 1.82) is 0 Å². The molecule has 1 aliphatic rings. The molecule has 2 aromatic rings. The van der Waals surface area contributed by atoms with Gasteiger partial charge in [-0.25, -0.2) is 0 Å². The zero-order valence-electron chi connectivity index (χ0n) is 18.3. The van der Waals surface area contributed by atoms with Gasteiger partial charge < -0.3 is 19.3 Å². The van der Waals surface area contributed by atoms with E-state index in [1.54, 1.807) is 7.11 Å². The van der Waals surface area contributed by atoms with Crippen molar-refractivity contribution in [3.05, 3.63) is 41.7 Å². The SMILES string of the molecule is CCN(Cc1cnn(C)c1)Cc1cccc(OC)c1OCC(O)CN1CCOCC1. The number of aliphatic hydroxyl groups excluding tert-OH is 1. The molecule has 2 heterocycles. The van der Waals surface area contributed by atoms with E-state index in [1.807, 2.05) is 36.3 Å². The molecule has 30 heavy (non-hydrogen) atoms. The Morgan fingerprint density at radius 1 is 1.27 bits per heavy atom. The van der Waals surface area contributed by atoms with Gasteiger partial charge in [0.05, 0.1) is 26.5 Å². The lowest BCUT2D eigenvalue weighted by Gasteiger charge is -2.28. The molecule has 0 aliphatic carbocycles. The van der Waals surface area contributed by atoms with Gasteiger partial charge in [0.15, 0.2) is 11.5 Å². The first-order valence-corrected chi connectivity index (χ1v) is 10.6. The standard InChI is InChI=1S/C22H34N4O4/c1-4-25(14-18-12-23-24(2)13-18)15-19-6-5-7-21(28-3)22(19)30-17-20(27)16-26-8-10-29-11-9-26/h5-7,12-13,20,27H,4,8-11,14-17H2,1-3H3. The summed E-state index contributed by atoms with van der Waals surface area (Å²) in [6, 6.07) is 5.92. The quantitative estimate of drug-likeness (QED) is 0.593. The minimum absolute atomic E-state index is 0.222. The summed E-state index contributed by atoms with van der Waals surface area (Å²) in [6.07, 6.45) is 3.36. The van der Waals surface area contributed by atoms with E-state index in [9.17, 15) is 5.11 Å². The van der Waals surface area contributed by atoms with Crippen molar-refractivity contribution in [2.24, 2.45) is 7.05 Å². The molecule has 0 spiro atoms. The smallest absolute Gasteiger partial charge is 0.165 e. The molecule has 1 fully saturated rings. The van der Waals surface area contributed by atoms with Crippen LogP contribution in [-0.4, -0.2) is 83.9 Å². The Bertz CT molecular complexity index is 776. The second kappa shape index (κ2) is 11.3. The third kappa shape index (κ3) is 6.43. The van der Waals surface area contributed by atoms with Crippen LogP contribution in [0.15, 0.2) is 30.6 Å². The highest BCUT2D eigenvalue weighted by Crippen LogP contribution is 2.32. The van der Waals surface area contributed by atoms with Crippen LogP contribution in [0, 0.1) is 0 Å². The van der Waals surface area contributed by atoms with E-state index in [2.05, 4.69) is 27.9 Å². The number of benzene rings is 1. The van der Waals surface area contributed by atoms with Crippen LogP contribution < -0.4 is 9.47 Å². The molecule has 0 bridgehead atoms. The summed E-state index contributed by atoms with van der Waals surface area (Å²) < 4.78 is 18.8. The number of hydrogen-bond donors (Lipinski definition) is 1. The highest BCUT2D eigenvalue weighted by Gasteiger charge is 2.18. The molecule has 0 amide bonds. The van der Waals surface area contributed by atoms with Gasteiger partial charge >= 0.3 is 0 Å². The summed E-state index contributed by atoms with van der Waals surface area (Å²) in [5, 5.41) is 14.7. The van der Waals surface area contributed by atoms with Crippen LogP contribution in [0.25, 0.3) is 0 Å². The third-order valence-electron chi connectivity index (χ3n) is 5.28. The number of methoxy groups -OCH3 is 1. The Kier molecular flexibility index (Phi) is 8.50. The van der Waals surface area contributed by atoms with Crippen molar-refractivity contribution in [3.63, 3.8) is 0 Å². The number of nitrogens with zero attached hydrogens (tertiary/aromatic N) is 4. The molecule has 8 nitrogen and oxygen atoms in total. The Morgan fingerprint density at radius 3 is 2.73 bits per heavy atom. The molecule has 0 radical (unpaired) electrons. The minimum Gasteiger partial charge on any atom is -0.493 e. The highest BCUT2D eigenvalue weighted by atomic mass is 16.5. The maximum atomic E-state index is 10.5. The van der Waals surface area contributed by atoms with Gasteiger partial charge in [-0.3, -0.25) is 14.5 Å². The summed E-state index contributed by atoms with van der Waals surface area (Å²) in [5.41, 5.74) is 2.21. The minimum atomic E-state index is -0.571. The van der Waals surface area contributed by atoms with Crippen molar-refractivity contribution in [2.75, 3.05) is 53.1 Å². The molecule has 166 valence electrons. The van der Waals surface area contributed by atoms with Crippen LogP contribution in [-0.2, 0) is 24.9 Å². The van der Waals surface area contributed by atoms with E-state index in [0.29, 0.717) is 31.3 Å². The van der Waals surface area contributed by atoms with Crippen LogP contribution in [0.4, 0.5) is 0 Å². The van der Waals surface area contributed by atoms with Gasteiger partial charge in [0.1, 0.15) is 12.7 Å². The molecule has 1 aromatic carbocycles. The van der Waals surface area contributed by atoms with E-state index in [-0.39, 0.29) is 6.61 Å². The molecule has 1 N–H and O–H groups in total. The largest absolute Gasteiger partial charge is 0.493 e. The van der Waals surface area contributed by atoms with Crippen molar-refractivity contribution < 1.29 is 19.3 Å². The Labute approximate surface area is 178 Å². The van der Waals surface area contributed by atoms with Crippen LogP contribution in [0.5, 0.6) is 11.5 Å². The van der Waals surface area contributed by atoms with Gasteiger partial charge in [0.2, 0.25) is 0 Å². The van der Waals surface area contributed by atoms with Crippen molar-refractivity contribution in [2.45, 2.75) is 26.1 Å². The lowest BCUT2D eigenvalue weighted by molar-refractivity contribution is 0.00430. The first kappa shape index (κ1) is 22.6. The molecule has 8 heteroatoms. The lowest BCUT2D eigenvalue weighted by atomic mass is 10.1. The number of aliphatic hydroxyl groups is 1. The fourth-order valence-electron chi connectivity index (χ4n) is 3.66. The predicted molar refractivity (Wildman–Crippen MR) is 115 cm³/mol. The number of ether oxygens (including phenoxy) is 3. The summed E-state index contributed by atoms with van der Waals surface area (Å²) in [7, 11) is 3.57. The average Bonchev–Trinajstić information content (AvgIpc) is 3.17. The molecule has 0 saturated carbocycles. The Hall–Kier alpha value is -2.13. The van der Waals surface area contributed by atoms with Gasteiger partial charge in [0, 0.05) is 57.1 Å². The Balaban J connectivity index is 1.64. The van der Waals surface area contributed by atoms with Gasteiger partial charge in [-0.05, 0) is 12.6 Å². The number of β-amino-alcohol motifs (C(OH)–C–C–N with tert-alkyl or cyclic N) is 1. The summed E-state index contributed by atoms with van der Waals surface area (Å²) in [6.45, 7) is 8.48. The molecule has 1 atom stereocenters. The van der Waals surface area contributed by atoms with Crippen molar-refractivity contribution in [1.82, 2.24) is 19.6 Å². The van der Waals surface area contributed by atoms with Gasteiger partial charge in [-0.2, -0.15) is 5.10 Å². The van der Waals surface area contributed by atoms with E-state index in [0.717, 1.165) is 38.3 Å². The molecular formula is C22H34N4O4. The molecule has 1 aromatic heterocycles. The fraction of sp³-hybridized carbons (Fsp3) is 0.591.